The third-order valence-electron chi connectivity index (χ3n) is 6.68. The number of rotatable bonds is 6. The van der Waals surface area contributed by atoms with Crippen LogP contribution in [-0.2, 0) is 20.9 Å². The Hall–Kier alpha value is -3.15. The van der Waals surface area contributed by atoms with E-state index in [2.05, 4.69) is 43.5 Å². The summed E-state index contributed by atoms with van der Waals surface area (Å²) in [6.07, 6.45) is 3.17. The summed E-state index contributed by atoms with van der Waals surface area (Å²) in [4.78, 5) is 39.4. The van der Waals surface area contributed by atoms with Gasteiger partial charge < -0.3 is 15.5 Å². The third kappa shape index (κ3) is 4.69. The summed E-state index contributed by atoms with van der Waals surface area (Å²) in [5.41, 5.74) is 6.05. The standard InChI is InChI=1S/C26H31N3O3/c1-16-10-17(2)23(18(3)11-16)14-27-25(31)20-12-24(30)29(15-20)22-9-5-8-21(13-22)28-26(32)19-6-4-7-19/h5,8-11,13,19-20H,4,6-7,12,14-15H2,1-3H3,(H,27,31)(H,28,32). The monoisotopic (exact) mass is 433 g/mol. The van der Waals surface area contributed by atoms with Crippen molar-refractivity contribution in [2.75, 3.05) is 16.8 Å². The van der Waals surface area contributed by atoms with E-state index in [1.165, 1.54) is 5.56 Å². The summed E-state index contributed by atoms with van der Waals surface area (Å²) < 4.78 is 0. The smallest absolute Gasteiger partial charge is 0.227 e. The van der Waals surface area contributed by atoms with Crippen molar-refractivity contribution in [3.8, 4) is 0 Å². The number of carbonyl (C=O) groups excluding carboxylic acids is 3. The summed E-state index contributed by atoms with van der Waals surface area (Å²) >= 11 is 0. The molecule has 0 aromatic heterocycles. The lowest BCUT2D eigenvalue weighted by Crippen LogP contribution is -2.33. The molecule has 3 amide bonds. The van der Waals surface area contributed by atoms with Crippen LogP contribution in [0.25, 0.3) is 0 Å². The van der Waals surface area contributed by atoms with Crippen molar-refractivity contribution in [1.82, 2.24) is 5.32 Å². The first-order valence-electron chi connectivity index (χ1n) is 11.4. The quantitative estimate of drug-likeness (QED) is 0.722. The van der Waals surface area contributed by atoms with Gasteiger partial charge >= 0.3 is 0 Å². The van der Waals surface area contributed by atoms with E-state index in [0.29, 0.717) is 24.5 Å². The molecule has 1 heterocycles. The molecule has 1 saturated heterocycles. The van der Waals surface area contributed by atoms with E-state index < -0.39 is 0 Å². The number of anilines is 2. The predicted octanol–water partition coefficient (Wildman–Crippen LogP) is 4.02. The number of hydrogen-bond donors (Lipinski definition) is 2. The molecule has 168 valence electrons. The summed E-state index contributed by atoms with van der Waals surface area (Å²) in [6, 6.07) is 11.6. The third-order valence-corrected chi connectivity index (χ3v) is 6.68. The first kappa shape index (κ1) is 22.1. The van der Waals surface area contributed by atoms with Crippen LogP contribution in [0.3, 0.4) is 0 Å². The molecule has 1 unspecified atom stereocenters. The number of carbonyl (C=O) groups is 3. The number of benzene rings is 2. The van der Waals surface area contributed by atoms with Crippen LogP contribution in [0, 0.1) is 32.6 Å². The molecule has 6 heteroatoms. The topological polar surface area (TPSA) is 78.5 Å². The van der Waals surface area contributed by atoms with Crippen LogP contribution >= 0.6 is 0 Å². The average molecular weight is 434 g/mol. The minimum Gasteiger partial charge on any atom is -0.352 e. The van der Waals surface area contributed by atoms with Gasteiger partial charge in [0.2, 0.25) is 17.7 Å². The second-order valence-corrected chi connectivity index (χ2v) is 9.17. The number of nitrogens with zero attached hydrogens (tertiary/aromatic N) is 1. The number of hydrogen-bond acceptors (Lipinski definition) is 3. The van der Waals surface area contributed by atoms with Crippen molar-refractivity contribution < 1.29 is 14.4 Å². The molecule has 2 aliphatic rings. The molecule has 0 spiro atoms. The van der Waals surface area contributed by atoms with Crippen molar-refractivity contribution in [1.29, 1.82) is 0 Å². The molecule has 4 rings (SSSR count). The first-order chi connectivity index (χ1) is 15.3. The maximum absolute atomic E-state index is 12.8. The zero-order valence-electron chi connectivity index (χ0n) is 19.0. The molecular formula is C26H31N3O3. The van der Waals surface area contributed by atoms with Crippen LogP contribution in [-0.4, -0.2) is 24.3 Å². The molecule has 1 saturated carbocycles. The molecule has 2 fully saturated rings. The second kappa shape index (κ2) is 9.15. The van der Waals surface area contributed by atoms with Crippen molar-refractivity contribution in [2.45, 2.75) is 53.0 Å². The van der Waals surface area contributed by atoms with Crippen molar-refractivity contribution >= 4 is 29.1 Å². The van der Waals surface area contributed by atoms with E-state index in [4.69, 9.17) is 0 Å². The molecule has 2 aromatic rings. The Kier molecular flexibility index (Phi) is 6.31. The Morgan fingerprint density at radius 1 is 1.00 bits per heavy atom. The molecule has 1 atom stereocenters. The van der Waals surface area contributed by atoms with Crippen LogP contribution in [0.4, 0.5) is 11.4 Å². The van der Waals surface area contributed by atoms with Crippen LogP contribution in [0.2, 0.25) is 0 Å². The second-order valence-electron chi connectivity index (χ2n) is 9.17. The molecule has 2 aromatic carbocycles. The van der Waals surface area contributed by atoms with E-state index in [0.717, 1.165) is 36.0 Å². The Bertz CT molecular complexity index is 1040. The molecule has 0 bridgehead atoms. The lowest BCUT2D eigenvalue weighted by Gasteiger charge is -2.24. The Balaban J connectivity index is 1.38. The molecule has 1 aliphatic heterocycles. The van der Waals surface area contributed by atoms with Crippen LogP contribution < -0.4 is 15.5 Å². The zero-order valence-corrected chi connectivity index (χ0v) is 19.0. The van der Waals surface area contributed by atoms with E-state index in [1.807, 2.05) is 24.3 Å². The minimum absolute atomic E-state index is 0.0418. The van der Waals surface area contributed by atoms with E-state index in [9.17, 15) is 14.4 Å². The minimum atomic E-state index is -0.387. The number of nitrogens with one attached hydrogen (secondary N) is 2. The van der Waals surface area contributed by atoms with Gasteiger partial charge in [-0.25, -0.2) is 0 Å². The van der Waals surface area contributed by atoms with Gasteiger partial charge in [0.25, 0.3) is 0 Å². The van der Waals surface area contributed by atoms with Crippen molar-refractivity contribution in [3.63, 3.8) is 0 Å². The summed E-state index contributed by atoms with van der Waals surface area (Å²) in [6.45, 7) is 6.98. The van der Waals surface area contributed by atoms with Gasteiger partial charge in [0.05, 0.1) is 5.92 Å². The zero-order chi connectivity index (χ0) is 22.8. The maximum Gasteiger partial charge on any atom is 0.227 e. The first-order valence-corrected chi connectivity index (χ1v) is 11.4. The molecular weight excluding hydrogens is 402 g/mol. The van der Waals surface area contributed by atoms with Crippen molar-refractivity contribution in [3.05, 3.63) is 58.7 Å². The average Bonchev–Trinajstić information content (AvgIpc) is 3.07. The highest BCUT2D eigenvalue weighted by Gasteiger charge is 2.35. The summed E-state index contributed by atoms with van der Waals surface area (Å²) in [7, 11) is 0. The Morgan fingerprint density at radius 2 is 1.72 bits per heavy atom. The molecule has 0 radical (unpaired) electrons. The summed E-state index contributed by atoms with van der Waals surface area (Å²) in [5, 5.41) is 5.98. The molecule has 32 heavy (non-hydrogen) atoms. The maximum atomic E-state index is 12.8. The Morgan fingerprint density at radius 3 is 2.38 bits per heavy atom. The van der Waals surface area contributed by atoms with E-state index in [-0.39, 0.29) is 36.0 Å². The van der Waals surface area contributed by atoms with Crippen LogP contribution in [0.15, 0.2) is 36.4 Å². The van der Waals surface area contributed by atoms with Gasteiger partial charge in [-0.15, -0.1) is 0 Å². The van der Waals surface area contributed by atoms with Gasteiger partial charge in [0.15, 0.2) is 0 Å². The largest absolute Gasteiger partial charge is 0.352 e. The highest BCUT2D eigenvalue weighted by atomic mass is 16.2. The fraction of sp³-hybridized carbons (Fsp3) is 0.423. The molecule has 2 N–H and O–H groups in total. The molecule has 1 aliphatic carbocycles. The highest BCUT2D eigenvalue weighted by Crippen LogP contribution is 2.30. The molecule has 6 nitrogen and oxygen atoms in total. The highest BCUT2D eigenvalue weighted by molar-refractivity contribution is 6.01. The number of aryl methyl sites for hydroxylation is 3. The number of amides is 3. The lowest BCUT2D eigenvalue weighted by molar-refractivity contribution is -0.126. The Labute approximate surface area is 189 Å². The van der Waals surface area contributed by atoms with Gasteiger partial charge in [0.1, 0.15) is 0 Å². The van der Waals surface area contributed by atoms with Crippen molar-refractivity contribution in [2.24, 2.45) is 11.8 Å². The van der Waals surface area contributed by atoms with Gasteiger partial charge in [0, 0.05) is 36.8 Å². The van der Waals surface area contributed by atoms with Crippen LogP contribution in [0.1, 0.15) is 47.9 Å². The van der Waals surface area contributed by atoms with Gasteiger partial charge in [-0.05, 0) is 68.5 Å². The van der Waals surface area contributed by atoms with Crippen LogP contribution in [0.5, 0.6) is 0 Å². The SMILES string of the molecule is Cc1cc(C)c(CNC(=O)C2CC(=O)N(c3cccc(NC(=O)C4CCC4)c3)C2)c(C)c1. The summed E-state index contributed by atoms with van der Waals surface area (Å²) in [5.74, 6) is -0.423. The predicted molar refractivity (Wildman–Crippen MR) is 125 cm³/mol. The van der Waals surface area contributed by atoms with Gasteiger partial charge in [-0.2, -0.15) is 0 Å². The van der Waals surface area contributed by atoms with Gasteiger partial charge in [-0.3, -0.25) is 14.4 Å². The van der Waals surface area contributed by atoms with E-state index in [1.54, 1.807) is 4.90 Å². The van der Waals surface area contributed by atoms with E-state index >= 15 is 0 Å². The fourth-order valence-corrected chi connectivity index (χ4v) is 4.61. The normalized spacial score (nSPS) is 18.4. The lowest BCUT2D eigenvalue weighted by atomic mass is 9.85. The van der Waals surface area contributed by atoms with Gasteiger partial charge in [-0.1, -0.05) is 30.2 Å². The fourth-order valence-electron chi connectivity index (χ4n) is 4.61.